The molecule has 4 unspecified atom stereocenters. The zero-order valence-corrected chi connectivity index (χ0v) is 20.3. The summed E-state index contributed by atoms with van der Waals surface area (Å²) in [7, 11) is 0. The first-order chi connectivity index (χ1) is 15.8. The Morgan fingerprint density at radius 2 is 1.39 bits per heavy atom. The monoisotopic (exact) mass is 466 g/mol. The molecule has 0 nitrogen and oxygen atoms in total. The molecule has 0 N–H and O–H groups in total. The van der Waals surface area contributed by atoms with Gasteiger partial charge in [0.15, 0.2) is 0 Å². The molecule has 0 saturated heterocycles. The highest BCUT2D eigenvalue weighted by molar-refractivity contribution is 5.29. The highest BCUT2D eigenvalue weighted by Gasteiger charge is 2.39. The largest absolute Gasteiger partial charge is 0.419 e. The molecule has 0 heterocycles. The van der Waals surface area contributed by atoms with Crippen molar-refractivity contribution in [3.63, 3.8) is 0 Å². The minimum Gasteiger partial charge on any atom is -0.206 e. The molecule has 186 valence electrons. The summed E-state index contributed by atoms with van der Waals surface area (Å²) in [5, 5.41) is 0. The Bertz CT molecular complexity index is 746. The maximum absolute atomic E-state index is 14.0. The van der Waals surface area contributed by atoms with E-state index < -0.39 is 17.6 Å². The van der Waals surface area contributed by atoms with Gasteiger partial charge in [-0.15, -0.1) is 0 Å². The molecule has 3 fully saturated rings. The summed E-state index contributed by atoms with van der Waals surface area (Å²) in [5.74, 6) is 3.53. The average molecular weight is 467 g/mol. The van der Waals surface area contributed by atoms with Crippen LogP contribution in [-0.4, -0.2) is 0 Å². The van der Waals surface area contributed by atoms with Crippen molar-refractivity contribution in [3.8, 4) is 0 Å². The first kappa shape index (κ1) is 25.0. The fourth-order valence-corrected chi connectivity index (χ4v) is 7.51. The van der Waals surface area contributed by atoms with Gasteiger partial charge < -0.3 is 0 Å². The number of benzene rings is 1. The third-order valence-corrected chi connectivity index (χ3v) is 9.44. The minimum absolute atomic E-state index is 0.206. The SMILES string of the molecule is CCCCCCC1CCC2CC(C3CCC(c4ccc(C(F)(F)F)c(F)c4)CC3)CCC2C1. The van der Waals surface area contributed by atoms with Gasteiger partial charge in [-0.2, -0.15) is 13.2 Å². The van der Waals surface area contributed by atoms with Gasteiger partial charge in [-0.05, 0) is 111 Å². The summed E-state index contributed by atoms with van der Waals surface area (Å²) in [4.78, 5) is 0. The van der Waals surface area contributed by atoms with Crippen LogP contribution in [0.3, 0.4) is 0 Å². The van der Waals surface area contributed by atoms with E-state index in [1.54, 1.807) is 0 Å². The maximum atomic E-state index is 14.0. The first-order valence-electron chi connectivity index (χ1n) is 13.7. The van der Waals surface area contributed by atoms with E-state index in [9.17, 15) is 17.6 Å². The second-order valence-electron chi connectivity index (χ2n) is 11.5. The van der Waals surface area contributed by atoms with E-state index >= 15 is 0 Å². The summed E-state index contributed by atoms with van der Waals surface area (Å²) in [6.45, 7) is 2.28. The predicted molar refractivity (Wildman–Crippen MR) is 127 cm³/mol. The third kappa shape index (κ3) is 6.34. The van der Waals surface area contributed by atoms with E-state index in [0.29, 0.717) is 0 Å². The van der Waals surface area contributed by atoms with Crippen molar-refractivity contribution in [1.29, 1.82) is 0 Å². The number of alkyl halides is 3. The van der Waals surface area contributed by atoms with Crippen molar-refractivity contribution in [2.75, 3.05) is 0 Å². The lowest BCUT2D eigenvalue weighted by Crippen LogP contribution is -2.34. The molecular weight excluding hydrogens is 424 g/mol. The highest BCUT2D eigenvalue weighted by Crippen LogP contribution is 2.50. The molecule has 4 atom stereocenters. The lowest BCUT2D eigenvalue weighted by molar-refractivity contribution is -0.140. The Labute approximate surface area is 197 Å². The van der Waals surface area contributed by atoms with E-state index in [1.165, 1.54) is 76.7 Å². The van der Waals surface area contributed by atoms with E-state index in [4.69, 9.17) is 0 Å². The third-order valence-electron chi connectivity index (χ3n) is 9.44. The van der Waals surface area contributed by atoms with Crippen molar-refractivity contribution >= 4 is 0 Å². The smallest absolute Gasteiger partial charge is 0.206 e. The van der Waals surface area contributed by atoms with E-state index in [1.807, 2.05) is 0 Å². The van der Waals surface area contributed by atoms with Crippen molar-refractivity contribution in [2.24, 2.45) is 29.6 Å². The quantitative estimate of drug-likeness (QED) is 0.277. The molecule has 1 aromatic rings. The number of unbranched alkanes of at least 4 members (excludes halogenated alkanes) is 3. The molecule has 3 aliphatic rings. The van der Waals surface area contributed by atoms with Gasteiger partial charge in [-0.1, -0.05) is 51.5 Å². The molecule has 0 aromatic heterocycles. The van der Waals surface area contributed by atoms with Gasteiger partial charge in [-0.3, -0.25) is 0 Å². The molecule has 0 bridgehead atoms. The van der Waals surface area contributed by atoms with Crippen molar-refractivity contribution in [1.82, 2.24) is 0 Å². The van der Waals surface area contributed by atoms with Crippen molar-refractivity contribution < 1.29 is 17.6 Å². The Morgan fingerprint density at radius 1 is 0.758 bits per heavy atom. The summed E-state index contributed by atoms with van der Waals surface area (Å²) in [6, 6.07) is 3.57. The second-order valence-corrected chi connectivity index (χ2v) is 11.5. The lowest BCUT2D eigenvalue weighted by atomic mass is 9.60. The Balaban J connectivity index is 1.23. The van der Waals surface area contributed by atoms with Crippen LogP contribution in [0.15, 0.2) is 18.2 Å². The van der Waals surface area contributed by atoms with Crippen LogP contribution in [0, 0.1) is 35.4 Å². The molecule has 0 aliphatic heterocycles. The molecule has 0 spiro atoms. The topological polar surface area (TPSA) is 0 Å². The first-order valence-corrected chi connectivity index (χ1v) is 13.7. The molecule has 4 rings (SSSR count). The number of hydrogen-bond acceptors (Lipinski definition) is 0. The van der Waals surface area contributed by atoms with Crippen LogP contribution in [0.25, 0.3) is 0 Å². The van der Waals surface area contributed by atoms with Gasteiger partial charge in [0, 0.05) is 0 Å². The lowest BCUT2D eigenvalue weighted by Gasteiger charge is -2.45. The van der Waals surface area contributed by atoms with Gasteiger partial charge in [0.1, 0.15) is 5.82 Å². The minimum atomic E-state index is -4.62. The Hall–Kier alpha value is -1.06. The van der Waals surface area contributed by atoms with Crippen molar-refractivity contribution in [2.45, 2.75) is 115 Å². The zero-order valence-electron chi connectivity index (χ0n) is 20.3. The van der Waals surface area contributed by atoms with Crippen LogP contribution in [0.2, 0.25) is 0 Å². The van der Waals surface area contributed by atoms with Crippen LogP contribution in [-0.2, 0) is 6.18 Å². The second kappa shape index (κ2) is 11.1. The van der Waals surface area contributed by atoms with Crippen LogP contribution < -0.4 is 0 Å². The zero-order chi connectivity index (χ0) is 23.4. The van der Waals surface area contributed by atoms with Crippen LogP contribution >= 0.6 is 0 Å². The summed E-state index contributed by atoms with van der Waals surface area (Å²) >= 11 is 0. The Kier molecular flexibility index (Phi) is 8.44. The molecule has 4 heteroatoms. The number of fused-ring (bicyclic) bond motifs is 1. The van der Waals surface area contributed by atoms with Gasteiger partial charge in [0.2, 0.25) is 0 Å². The molecule has 0 amide bonds. The normalized spacial score (nSPS) is 33.0. The summed E-state index contributed by atoms with van der Waals surface area (Å²) in [6.07, 6.45) is 15.1. The molecule has 1 aromatic carbocycles. The van der Waals surface area contributed by atoms with Crippen molar-refractivity contribution in [3.05, 3.63) is 35.1 Å². The highest BCUT2D eigenvalue weighted by atomic mass is 19.4. The molecule has 3 aliphatic carbocycles. The Morgan fingerprint density at radius 3 is 2.06 bits per heavy atom. The fourth-order valence-electron chi connectivity index (χ4n) is 7.51. The standard InChI is InChI=1S/C29H42F4/c1-2-3-4-5-6-20-7-8-25-18-24(14-13-23(25)17-20)21-9-11-22(12-10-21)26-15-16-27(28(30)19-26)29(31,32)33/h15-16,19-25H,2-14,17-18H2,1H3. The summed E-state index contributed by atoms with van der Waals surface area (Å²) in [5.41, 5.74) is -0.396. The predicted octanol–water partition coefficient (Wildman–Crippen LogP) is 9.92. The van der Waals surface area contributed by atoms with Gasteiger partial charge in [0.25, 0.3) is 0 Å². The van der Waals surface area contributed by atoms with Crippen LogP contribution in [0.4, 0.5) is 17.6 Å². The van der Waals surface area contributed by atoms with Gasteiger partial charge in [0.05, 0.1) is 5.56 Å². The summed E-state index contributed by atoms with van der Waals surface area (Å²) < 4.78 is 52.6. The average Bonchev–Trinajstić information content (AvgIpc) is 2.81. The molecular formula is C29H42F4. The van der Waals surface area contributed by atoms with Crippen LogP contribution in [0.5, 0.6) is 0 Å². The molecule has 3 saturated carbocycles. The van der Waals surface area contributed by atoms with Gasteiger partial charge in [-0.25, -0.2) is 4.39 Å². The maximum Gasteiger partial charge on any atom is 0.419 e. The van der Waals surface area contributed by atoms with E-state index in [0.717, 1.165) is 73.0 Å². The number of hydrogen-bond donors (Lipinski definition) is 0. The van der Waals surface area contributed by atoms with Gasteiger partial charge >= 0.3 is 6.18 Å². The fraction of sp³-hybridized carbons (Fsp3) is 0.793. The molecule has 33 heavy (non-hydrogen) atoms. The molecule has 0 radical (unpaired) electrons. The number of rotatable bonds is 7. The number of halogens is 4. The van der Waals surface area contributed by atoms with Crippen LogP contribution in [0.1, 0.15) is 120 Å². The van der Waals surface area contributed by atoms with E-state index in [-0.39, 0.29) is 5.92 Å². The van der Waals surface area contributed by atoms with E-state index in [2.05, 4.69) is 6.92 Å².